The molecule has 0 radical (unpaired) electrons. The van der Waals surface area contributed by atoms with Gasteiger partial charge in [-0.1, -0.05) is 27.6 Å². The smallest absolute Gasteiger partial charge is 0.334 e. The fourth-order valence-corrected chi connectivity index (χ4v) is 2.29. The highest BCUT2D eigenvalue weighted by Gasteiger charge is 2.31. The van der Waals surface area contributed by atoms with Crippen molar-refractivity contribution in [3.63, 3.8) is 0 Å². The molecule has 18 heavy (non-hydrogen) atoms. The molecule has 0 saturated heterocycles. The minimum atomic E-state index is -1.34. The van der Waals surface area contributed by atoms with Crippen LogP contribution in [0.25, 0.3) is 0 Å². The summed E-state index contributed by atoms with van der Waals surface area (Å²) in [4.78, 5) is 22.6. The lowest BCUT2D eigenvalue weighted by molar-refractivity contribution is -0.155. The van der Waals surface area contributed by atoms with Gasteiger partial charge in [0.15, 0.2) is 0 Å². The Morgan fingerprint density at radius 2 is 2.33 bits per heavy atom. The van der Waals surface area contributed by atoms with Gasteiger partial charge in [0.05, 0.1) is 6.61 Å². The Morgan fingerprint density at radius 3 is 2.83 bits per heavy atom. The third-order valence-corrected chi connectivity index (χ3v) is 3.29. The zero-order valence-electron chi connectivity index (χ0n) is 10.3. The molecule has 0 bridgehead atoms. The highest BCUT2D eigenvalue weighted by molar-refractivity contribution is 9.11. The third-order valence-electron chi connectivity index (χ3n) is 2.51. The number of hydrogen-bond donors (Lipinski definition) is 2. The molecule has 1 aliphatic carbocycles. The minimum absolute atomic E-state index is 0.158. The summed E-state index contributed by atoms with van der Waals surface area (Å²) in [5, 5.41) is 11.8. The quantitative estimate of drug-likeness (QED) is 0.595. The van der Waals surface area contributed by atoms with E-state index in [-0.39, 0.29) is 12.6 Å². The van der Waals surface area contributed by atoms with Gasteiger partial charge in [0, 0.05) is 10.5 Å². The number of carboxylic acid groups (broad SMARTS) is 1. The van der Waals surface area contributed by atoms with E-state index in [0.717, 1.165) is 10.1 Å². The van der Waals surface area contributed by atoms with E-state index < -0.39 is 18.0 Å². The lowest BCUT2D eigenvalue weighted by Crippen LogP contribution is -2.49. The number of rotatable bonds is 5. The van der Waals surface area contributed by atoms with Gasteiger partial charge in [0.1, 0.15) is 0 Å². The number of carboxylic acids is 1. The SMILES string of the molecule is CCOC(=O)C(NC1CC=C(C)C=C1Br)C(=O)O. The van der Waals surface area contributed by atoms with Crippen LogP contribution >= 0.6 is 15.9 Å². The molecule has 2 atom stereocenters. The summed E-state index contributed by atoms with van der Waals surface area (Å²) in [6.45, 7) is 3.75. The van der Waals surface area contributed by atoms with Crippen molar-refractivity contribution in [3.8, 4) is 0 Å². The zero-order valence-corrected chi connectivity index (χ0v) is 11.9. The van der Waals surface area contributed by atoms with E-state index in [4.69, 9.17) is 9.84 Å². The predicted octanol–water partition coefficient (Wildman–Crippen LogP) is 1.59. The average Bonchev–Trinajstić information content (AvgIpc) is 2.27. The van der Waals surface area contributed by atoms with E-state index in [9.17, 15) is 9.59 Å². The largest absolute Gasteiger partial charge is 0.480 e. The molecular weight excluding hydrogens is 302 g/mol. The summed E-state index contributed by atoms with van der Waals surface area (Å²) in [6.07, 6.45) is 4.50. The van der Waals surface area contributed by atoms with Gasteiger partial charge in [-0.15, -0.1) is 0 Å². The summed E-state index contributed by atoms with van der Waals surface area (Å²) in [7, 11) is 0. The molecule has 0 spiro atoms. The molecule has 0 aromatic heterocycles. The van der Waals surface area contributed by atoms with Gasteiger partial charge in [-0.05, 0) is 26.3 Å². The zero-order chi connectivity index (χ0) is 13.7. The molecule has 0 amide bonds. The number of nitrogens with one attached hydrogen (secondary N) is 1. The van der Waals surface area contributed by atoms with Gasteiger partial charge in [0.2, 0.25) is 6.04 Å². The number of allylic oxidation sites excluding steroid dienone is 2. The fourth-order valence-electron chi connectivity index (χ4n) is 1.61. The molecule has 100 valence electrons. The van der Waals surface area contributed by atoms with E-state index >= 15 is 0 Å². The second-order valence-electron chi connectivity index (χ2n) is 3.96. The standard InChI is InChI=1S/C12H16BrNO4/c1-3-18-12(17)10(11(15)16)14-9-5-4-7(2)6-8(9)13/h4,6,9-10,14H,3,5H2,1-2H3,(H,15,16). The molecule has 5 nitrogen and oxygen atoms in total. The topological polar surface area (TPSA) is 75.6 Å². The van der Waals surface area contributed by atoms with Crippen LogP contribution in [-0.2, 0) is 14.3 Å². The van der Waals surface area contributed by atoms with Gasteiger partial charge >= 0.3 is 11.9 Å². The Balaban J connectivity index is 2.71. The Morgan fingerprint density at radius 1 is 1.67 bits per heavy atom. The summed E-state index contributed by atoms with van der Waals surface area (Å²) in [5.74, 6) is -2.00. The number of esters is 1. The molecule has 2 N–H and O–H groups in total. The molecule has 0 fully saturated rings. The molecule has 1 aliphatic rings. The van der Waals surface area contributed by atoms with E-state index in [1.807, 2.05) is 19.1 Å². The molecule has 0 aromatic rings. The Labute approximate surface area is 114 Å². The van der Waals surface area contributed by atoms with Crippen LogP contribution in [0.1, 0.15) is 20.3 Å². The first-order chi connectivity index (χ1) is 8.45. The van der Waals surface area contributed by atoms with E-state index in [1.54, 1.807) is 6.92 Å². The molecule has 0 aromatic carbocycles. The Kier molecular flexibility index (Phi) is 5.55. The molecule has 0 aliphatic heterocycles. The predicted molar refractivity (Wildman–Crippen MR) is 70.4 cm³/mol. The molecule has 0 saturated carbocycles. The lowest BCUT2D eigenvalue weighted by atomic mass is 10.0. The van der Waals surface area contributed by atoms with Gasteiger partial charge in [0.25, 0.3) is 0 Å². The van der Waals surface area contributed by atoms with Crippen molar-refractivity contribution in [2.45, 2.75) is 32.4 Å². The normalized spacial score (nSPS) is 20.7. The van der Waals surface area contributed by atoms with Crippen LogP contribution in [0.4, 0.5) is 0 Å². The number of aliphatic carboxylic acids is 1. The number of hydrogen-bond acceptors (Lipinski definition) is 4. The van der Waals surface area contributed by atoms with Crippen LogP contribution in [0, 0.1) is 0 Å². The van der Waals surface area contributed by atoms with E-state index in [2.05, 4.69) is 21.2 Å². The van der Waals surface area contributed by atoms with Crippen molar-refractivity contribution in [1.29, 1.82) is 0 Å². The molecule has 6 heteroatoms. The first-order valence-electron chi connectivity index (χ1n) is 5.65. The second kappa shape index (κ2) is 6.70. The number of carbonyl (C=O) groups excluding carboxylic acids is 1. The summed E-state index contributed by atoms with van der Waals surface area (Å²) >= 11 is 3.37. The van der Waals surface area contributed by atoms with Crippen LogP contribution in [0.2, 0.25) is 0 Å². The summed E-state index contributed by atoms with van der Waals surface area (Å²) < 4.78 is 5.56. The van der Waals surface area contributed by atoms with Crippen molar-refractivity contribution < 1.29 is 19.4 Å². The minimum Gasteiger partial charge on any atom is -0.480 e. The van der Waals surface area contributed by atoms with Crippen LogP contribution in [0.5, 0.6) is 0 Å². The van der Waals surface area contributed by atoms with Crippen LogP contribution in [0.15, 0.2) is 22.2 Å². The first kappa shape index (κ1) is 14.9. The average molecular weight is 318 g/mol. The molecule has 1 rings (SSSR count). The Hall–Kier alpha value is -1.14. The maximum absolute atomic E-state index is 11.5. The van der Waals surface area contributed by atoms with Crippen molar-refractivity contribution in [1.82, 2.24) is 5.32 Å². The summed E-state index contributed by atoms with van der Waals surface area (Å²) in [5.41, 5.74) is 1.10. The maximum atomic E-state index is 11.5. The van der Waals surface area contributed by atoms with Gasteiger partial charge in [-0.2, -0.15) is 0 Å². The molecule has 2 unspecified atom stereocenters. The molecule has 0 heterocycles. The number of halogens is 1. The highest BCUT2D eigenvalue weighted by Crippen LogP contribution is 2.23. The molecular formula is C12H16BrNO4. The van der Waals surface area contributed by atoms with Gasteiger partial charge < -0.3 is 9.84 Å². The second-order valence-corrected chi connectivity index (χ2v) is 4.87. The van der Waals surface area contributed by atoms with Crippen molar-refractivity contribution in [3.05, 3.63) is 22.2 Å². The van der Waals surface area contributed by atoms with Crippen LogP contribution < -0.4 is 5.32 Å². The maximum Gasteiger partial charge on any atom is 0.334 e. The van der Waals surface area contributed by atoms with E-state index in [1.165, 1.54) is 0 Å². The third kappa shape index (κ3) is 3.96. The highest BCUT2D eigenvalue weighted by atomic mass is 79.9. The van der Waals surface area contributed by atoms with Crippen molar-refractivity contribution in [2.75, 3.05) is 6.61 Å². The van der Waals surface area contributed by atoms with E-state index in [0.29, 0.717) is 6.42 Å². The Bertz CT molecular complexity index is 403. The fraction of sp³-hybridized carbons (Fsp3) is 0.500. The number of carbonyl (C=O) groups is 2. The summed E-state index contributed by atoms with van der Waals surface area (Å²) in [6, 6.07) is -1.57. The van der Waals surface area contributed by atoms with Gasteiger partial charge in [-0.3, -0.25) is 5.32 Å². The monoisotopic (exact) mass is 317 g/mol. The van der Waals surface area contributed by atoms with Crippen LogP contribution in [0.3, 0.4) is 0 Å². The van der Waals surface area contributed by atoms with Crippen LogP contribution in [-0.4, -0.2) is 35.7 Å². The van der Waals surface area contributed by atoms with Crippen molar-refractivity contribution in [2.24, 2.45) is 0 Å². The van der Waals surface area contributed by atoms with Gasteiger partial charge in [-0.25, -0.2) is 9.59 Å². The lowest BCUT2D eigenvalue weighted by Gasteiger charge is -2.23. The first-order valence-corrected chi connectivity index (χ1v) is 6.44. The van der Waals surface area contributed by atoms with Crippen molar-refractivity contribution >= 4 is 27.9 Å². The number of ether oxygens (including phenoxy) is 1.